The van der Waals surface area contributed by atoms with Crippen LogP contribution in [0.4, 0.5) is 11.4 Å². The van der Waals surface area contributed by atoms with Crippen molar-refractivity contribution in [3.8, 4) is 0 Å². The number of hydrogen-bond donors (Lipinski definition) is 1. The number of nitrogens with zero attached hydrogens (tertiary/aromatic N) is 2. The molecule has 0 atom stereocenters. The summed E-state index contributed by atoms with van der Waals surface area (Å²) in [5, 5.41) is 14.4. The Bertz CT molecular complexity index is 732. The smallest absolute Gasteiger partial charge is 0.293 e. The third-order valence-electron chi connectivity index (χ3n) is 3.39. The molecule has 2 rings (SSSR count). The quantitative estimate of drug-likeness (QED) is 0.670. The fourth-order valence-electron chi connectivity index (χ4n) is 2.18. The first-order valence-electron chi connectivity index (χ1n) is 6.88. The van der Waals surface area contributed by atoms with Crippen LogP contribution >= 0.6 is 11.6 Å². The minimum atomic E-state index is -0.512. The highest BCUT2D eigenvalue weighted by molar-refractivity contribution is 6.30. The highest BCUT2D eigenvalue weighted by Gasteiger charge is 2.19. The second-order valence-electron chi connectivity index (χ2n) is 5.03. The SMILES string of the molecule is CNc1ccc(C(=O)N(C)Cc2ccc(Cl)cc2)cc1[N+](=O)[O-]. The molecule has 0 fully saturated rings. The number of anilines is 1. The van der Waals surface area contributed by atoms with Crippen LogP contribution in [0.1, 0.15) is 15.9 Å². The number of halogens is 1. The predicted octanol–water partition coefficient (Wildman–Crippen LogP) is 3.56. The van der Waals surface area contributed by atoms with Crippen LogP contribution in [0, 0.1) is 10.1 Å². The lowest BCUT2D eigenvalue weighted by molar-refractivity contribution is -0.384. The van der Waals surface area contributed by atoms with Gasteiger partial charge in [-0.25, -0.2) is 0 Å². The van der Waals surface area contributed by atoms with E-state index in [0.29, 0.717) is 17.3 Å². The number of nitrogens with one attached hydrogen (secondary N) is 1. The molecule has 120 valence electrons. The van der Waals surface area contributed by atoms with Gasteiger partial charge in [0.1, 0.15) is 5.69 Å². The molecule has 0 saturated carbocycles. The van der Waals surface area contributed by atoms with Crippen LogP contribution in [0.2, 0.25) is 5.02 Å². The van der Waals surface area contributed by atoms with Gasteiger partial charge in [0.25, 0.3) is 11.6 Å². The van der Waals surface area contributed by atoms with Crippen LogP contribution in [0.25, 0.3) is 0 Å². The van der Waals surface area contributed by atoms with E-state index in [1.165, 1.54) is 17.0 Å². The van der Waals surface area contributed by atoms with Gasteiger partial charge in [-0.3, -0.25) is 14.9 Å². The molecular formula is C16H16ClN3O3. The highest BCUT2D eigenvalue weighted by atomic mass is 35.5. The summed E-state index contributed by atoms with van der Waals surface area (Å²) < 4.78 is 0. The largest absolute Gasteiger partial charge is 0.383 e. The molecule has 0 saturated heterocycles. The molecule has 0 spiro atoms. The molecule has 0 aliphatic rings. The van der Waals surface area contributed by atoms with Gasteiger partial charge in [0.05, 0.1) is 4.92 Å². The lowest BCUT2D eigenvalue weighted by Crippen LogP contribution is -2.26. The average Bonchev–Trinajstić information content (AvgIpc) is 2.55. The molecule has 0 aliphatic carbocycles. The van der Waals surface area contributed by atoms with Gasteiger partial charge in [0.2, 0.25) is 0 Å². The normalized spacial score (nSPS) is 10.2. The zero-order valence-electron chi connectivity index (χ0n) is 12.7. The summed E-state index contributed by atoms with van der Waals surface area (Å²) in [6.07, 6.45) is 0. The summed E-state index contributed by atoms with van der Waals surface area (Å²) in [6, 6.07) is 11.6. The first-order valence-corrected chi connectivity index (χ1v) is 7.26. The van der Waals surface area contributed by atoms with E-state index in [0.717, 1.165) is 5.56 Å². The number of carbonyl (C=O) groups excluding carboxylic acids is 1. The number of nitro benzene ring substituents is 1. The summed E-state index contributed by atoms with van der Waals surface area (Å²) in [5.41, 5.74) is 1.43. The predicted molar refractivity (Wildman–Crippen MR) is 89.9 cm³/mol. The van der Waals surface area contributed by atoms with E-state index in [-0.39, 0.29) is 17.2 Å². The zero-order chi connectivity index (χ0) is 17.0. The second-order valence-corrected chi connectivity index (χ2v) is 5.46. The molecule has 0 radical (unpaired) electrons. The van der Waals surface area contributed by atoms with Crippen LogP contribution in [0.15, 0.2) is 42.5 Å². The maximum absolute atomic E-state index is 12.4. The number of benzene rings is 2. The lowest BCUT2D eigenvalue weighted by atomic mass is 10.1. The molecule has 0 unspecified atom stereocenters. The molecule has 6 nitrogen and oxygen atoms in total. The van der Waals surface area contributed by atoms with E-state index in [2.05, 4.69) is 5.32 Å². The van der Waals surface area contributed by atoms with Crippen molar-refractivity contribution in [2.45, 2.75) is 6.54 Å². The molecule has 0 aromatic heterocycles. The monoisotopic (exact) mass is 333 g/mol. The summed E-state index contributed by atoms with van der Waals surface area (Å²) in [4.78, 5) is 24.5. The number of rotatable bonds is 5. The van der Waals surface area contributed by atoms with E-state index in [4.69, 9.17) is 11.6 Å². The molecule has 0 heterocycles. The molecule has 23 heavy (non-hydrogen) atoms. The van der Waals surface area contributed by atoms with Gasteiger partial charge in [0, 0.05) is 37.3 Å². The zero-order valence-corrected chi connectivity index (χ0v) is 13.5. The van der Waals surface area contributed by atoms with Gasteiger partial charge in [-0.15, -0.1) is 0 Å². The minimum Gasteiger partial charge on any atom is -0.383 e. The van der Waals surface area contributed by atoms with E-state index >= 15 is 0 Å². The summed E-state index contributed by atoms with van der Waals surface area (Å²) in [6.45, 7) is 0.386. The van der Waals surface area contributed by atoms with Crippen molar-refractivity contribution in [1.29, 1.82) is 0 Å². The molecular weight excluding hydrogens is 318 g/mol. The van der Waals surface area contributed by atoms with Crippen molar-refractivity contribution in [3.05, 3.63) is 68.7 Å². The Morgan fingerprint density at radius 2 is 1.91 bits per heavy atom. The summed E-state index contributed by atoms with van der Waals surface area (Å²) >= 11 is 5.83. The average molecular weight is 334 g/mol. The fraction of sp³-hybridized carbons (Fsp3) is 0.188. The minimum absolute atomic E-state index is 0.127. The van der Waals surface area contributed by atoms with Crippen LogP contribution in [0.5, 0.6) is 0 Å². The molecule has 1 N–H and O–H groups in total. The van der Waals surface area contributed by atoms with Crippen LogP contribution in [-0.2, 0) is 6.54 Å². The topological polar surface area (TPSA) is 75.5 Å². The van der Waals surface area contributed by atoms with E-state index < -0.39 is 4.92 Å². The van der Waals surface area contributed by atoms with Crippen molar-refractivity contribution in [2.75, 3.05) is 19.4 Å². The molecule has 0 aliphatic heterocycles. The van der Waals surface area contributed by atoms with Crippen molar-refractivity contribution >= 4 is 28.9 Å². The number of hydrogen-bond acceptors (Lipinski definition) is 4. The van der Waals surface area contributed by atoms with E-state index in [1.807, 2.05) is 12.1 Å². The Labute approximate surface area is 138 Å². The maximum atomic E-state index is 12.4. The van der Waals surface area contributed by atoms with Crippen molar-refractivity contribution < 1.29 is 9.72 Å². The van der Waals surface area contributed by atoms with E-state index in [9.17, 15) is 14.9 Å². The Balaban J connectivity index is 2.20. The van der Waals surface area contributed by atoms with Crippen molar-refractivity contribution in [3.63, 3.8) is 0 Å². The Hall–Kier alpha value is -2.60. The Kier molecular flexibility index (Phi) is 5.18. The van der Waals surface area contributed by atoms with Crippen LogP contribution in [-0.4, -0.2) is 29.8 Å². The van der Waals surface area contributed by atoms with Gasteiger partial charge in [-0.1, -0.05) is 23.7 Å². The van der Waals surface area contributed by atoms with Gasteiger partial charge >= 0.3 is 0 Å². The molecule has 2 aromatic rings. The third-order valence-corrected chi connectivity index (χ3v) is 3.64. The molecule has 0 bridgehead atoms. The fourth-order valence-corrected chi connectivity index (χ4v) is 2.31. The number of nitro groups is 1. The first kappa shape index (κ1) is 16.8. The maximum Gasteiger partial charge on any atom is 0.293 e. The number of amides is 1. The Morgan fingerprint density at radius 3 is 2.48 bits per heavy atom. The number of carbonyl (C=O) groups is 1. The summed E-state index contributed by atoms with van der Waals surface area (Å²) in [5.74, 6) is -0.286. The highest BCUT2D eigenvalue weighted by Crippen LogP contribution is 2.25. The summed E-state index contributed by atoms with van der Waals surface area (Å²) in [7, 11) is 3.24. The van der Waals surface area contributed by atoms with Gasteiger partial charge in [-0.05, 0) is 29.8 Å². The van der Waals surface area contributed by atoms with E-state index in [1.54, 1.807) is 32.3 Å². The van der Waals surface area contributed by atoms with Crippen LogP contribution < -0.4 is 5.32 Å². The lowest BCUT2D eigenvalue weighted by Gasteiger charge is -2.17. The van der Waals surface area contributed by atoms with Gasteiger partial charge < -0.3 is 10.2 Å². The van der Waals surface area contributed by atoms with Gasteiger partial charge in [0.15, 0.2) is 0 Å². The van der Waals surface area contributed by atoms with Crippen molar-refractivity contribution in [1.82, 2.24) is 4.90 Å². The standard InChI is InChI=1S/C16H16ClN3O3/c1-18-14-8-5-12(9-15(14)20(22)23)16(21)19(2)10-11-3-6-13(17)7-4-11/h3-9,18H,10H2,1-2H3. The molecule has 2 aromatic carbocycles. The van der Waals surface area contributed by atoms with Crippen molar-refractivity contribution in [2.24, 2.45) is 0 Å². The molecule has 1 amide bonds. The Morgan fingerprint density at radius 1 is 1.26 bits per heavy atom. The molecule has 7 heteroatoms. The second kappa shape index (κ2) is 7.11. The third kappa shape index (κ3) is 3.98. The first-order chi connectivity index (χ1) is 10.9. The van der Waals surface area contributed by atoms with Gasteiger partial charge in [-0.2, -0.15) is 0 Å². The van der Waals surface area contributed by atoms with Crippen LogP contribution in [0.3, 0.4) is 0 Å².